The first-order valence-electron chi connectivity index (χ1n) is 11.3. The van der Waals surface area contributed by atoms with Gasteiger partial charge in [0.25, 0.3) is 0 Å². The summed E-state index contributed by atoms with van der Waals surface area (Å²) in [6, 6.07) is 0. The van der Waals surface area contributed by atoms with Crippen LogP contribution in [0.4, 0.5) is 0 Å². The molecule has 2 aliphatic carbocycles. The molecular formula is C24H38O5. The Balaban J connectivity index is 1.89. The Morgan fingerprint density at radius 2 is 2.03 bits per heavy atom. The third-order valence-electron chi connectivity index (χ3n) is 6.81. The molecule has 0 aromatic heterocycles. The van der Waals surface area contributed by atoms with Crippen molar-refractivity contribution >= 4 is 11.6 Å². The van der Waals surface area contributed by atoms with Crippen molar-refractivity contribution < 1.29 is 24.9 Å². The van der Waals surface area contributed by atoms with Crippen LogP contribution in [0.15, 0.2) is 24.3 Å². The van der Waals surface area contributed by atoms with E-state index in [4.69, 9.17) is 5.11 Å². The second kappa shape index (κ2) is 11.8. The Kier molecular flexibility index (Phi) is 9.73. The van der Waals surface area contributed by atoms with Crippen LogP contribution in [-0.2, 0) is 9.59 Å². The summed E-state index contributed by atoms with van der Waals surface area (Å²) >= 11 is 0. The second-order valence-electron chi connectivity index (χ2n) is 8.87. The van der Waals surface area contributed by atoms with E-state index in [2.05, 4.69) is 6.92 Å². The van der Waals surface area contributed by atoms with E-state index in [1.807, 2.05) is 24.3 Å². The number of aliphatic hydroxyl groups excluding tert-OH is 3. The first-order chi connectivity index (χ1) is 13.9. The number of rotatable bonds is 13. The van der Waals surface area contributed by atoms with Crippen molar-refractivity contribution in [2.45, 2.75) is 89.8 Å². The van der Waals surface area contributed by atoms with E-state index in [0.717, 1.165) is 44.9 Å². The molecule has 3 N–H and O–H groups in total. The molecule has 0 bridgehead atoms. The van der Waals surface area contributed by atoms with Crippen molar-refractivity contribution in [1.82, 2.24) is 0 Å². The fourth-order valence-electron chi connectivity index (χ4n) is 4.68. The average molecular weight is 407 g/mol. The van der Waals surface area contributed by atoms with Gasteiger partial charge in [-0.3, -0.25) is 9.59 Å². The van der Waals surface area contributed by atoms with Crippen LogP contribution in [0.2, 0.25) is 0 Å². The average Bonchev–Trinajstić information content (AvgIpc) is 2.94. The maximum Gasteiger partial charge on any atom is 0.158 e. The molecule has 0 aliphatic heterocycles. The molecule has 2 rings (SSSR count). The number of hydrogen-bond acceptors (Lipinski definition) is 5. The topological polar surface area (TPSA) is 94.8 Å². The highest BCUT2D eigenvalue weighted by Crippen LogP contribution is 2.48. The molecule has 164 valence electrons. The van der Waals surface area contributed by atoms with Gasteiger partial charge in [-0.05, 0) is 43.9 Å². The molecule has 0 aromatic rings. The van der Waals surface area contributed by atoms with Gasteiger partial charge >= 0.3 is 0 Å². The van der Waals surface area contributed by atoms with Gasteiger partial charge in [-0.1, -0.05) is 50.5 Å². The van der Waals surface area contributed by atoms with Gasteiger partial charge in [-0.25, -0.2) is 0 Å². The molecule has 0 heterocycles. The molecule has 0 radical (unpaired) electrons. The second-order valence-corrected chi connectivity index (χ2v) is 8.87. The number of hydrogen-bond donors (Lipinski definition) is 3. The van der Waals surface area contributed by atoms with Crippen molar-refractivity contribution in [1.29, 1.82) is 0 Å². The van der Waals surface area contributed by atoms with Crippen LogP contribution in [-0.4, -0.2) is 45.7 Å². The minimum atomic E-state index is -0.681. The molecule has 0 spiro atoms. The lowest BCUT2D eigenvalue weighted by molar-refractivity contribution is -0.122. The fourth-order valence-corrected chi connectivity index (χ4v) is 4.68. The van der Waals surface area contributed by atoms with Crippen molar-refractivity contribution in [3.8, 4) is 0 Å². The van der Waals surface area contributed by atoms with E-state index in [-0.39, 0.29) is 35.2 Å². The molecule has 2 aliphatic rings. The molecule has 4 atom stereocenters. The summed E-state index contributed by atoms with van der Waals surface area (Å²) in [7, 11) is 0. The van der Waals surface area contributed by atoms with Crippen LogP contribution in [0, 0.1) is 17.3 Å². The zero-order chi connectivity index (χ0) is 21.3. The zero-order valence-electron chi connectivity index (χ0n) is 17.8. The van der Waals surface area contributed by atoms with Crippen LogP contribution in [0.3, 0.4) is 0 Å². The molecule has 2 fully saturated rings. The van der Waals surface area contributed by atoms with Crippen molar-refractivity contribution in [2.24, 2.45) is 17.3 Å². The highest BCUT2D eigenvalue weighted by atomic mass is 16.3. The maximum atomic E-state index is 12.3. The molecule has 29 heavy (non-hydrogen) atoms. The van der Waals surface area contributed by atoms with Gasteiger partial charge < -0.3 is 15.3 Å². The zero-order valence-corrected chi connectivity index (χ0v) is 17.8. The summed E-state index contributed by atoms with van der Waals surface area (Å²) in [5, 5.41) is 29.8. The lowest BCUT2D eigenvalue weighted by Gasteiger charge is -2.45. The van der Waals surface area contributed by atoms with Gasteiger partial charge in [0.15, 0.2) is 5.78 Å². The molecule has 0 saturated heterocycles. The summed E-state index contributed by atoms with van der Waals surface area (Å²) < 4.78 is 0. The third kappa shape index (κ3) is 6.59. The number of ketones is 2. The summed E-state index contributed by atoms with van der Waals surface area (Å²) in [6.07, 6.45) is 15.5. The van der Waals surface area contributed by atoms with E-state index >= 15 is 0 Å². The molecule has 1 unspecified atom stereocenters. The van der Waals surface area contributed by atoms with Gasteiger partial charge in [0, 0.05) is 24.7 Å². The van der Waals surface area contributed by atoms with Crippen molar-refractivity contribution in [3.05, 3.63) is 24.3 Å². The number of carbonyl (C=O) groups excluding carboxylic acids is 2. The largest absolute Gasteiger partial charge is 0.392 e. The van der Waals surface area contributed by atoms with E-state index in [9.17, 15) is 19.8 Å². The predicted octanol–water partition coefficient (Wildman–Crippen LogP) is 3.51. The van der Waals surface area contributed by atoms with Crippen molar-refractivity contribution in [2.75, 3.05) is 6.61 Å². The van der Waals surface area contributed by atoms with Gasteiger partial charge in [0.2, 0.25) is 0 Å². The summed E-state index contributed by atoms with van der Waals surface area (Å²) in [6.45, 7) is 1.76. The lowest BCUT2D eigenvalue weighted by Crippen LogP contribution is -2.40. The molecule has 0 amide bonds. The normalized spacial score (nSPS) is 27.6. The van der Waals surface area contributed by atoms with Gasteiger partial charge in [0.1, 0.15) is 12.4 Å². The van der Waals surface area contributed by atoms with Crippen LogP contribution in [0.5, 0.6) is 0 Å². The number of aliphatic hydroxyl groups is 3. The highest BCUT2D eigenvalue weighted by Gasteiger charge is 2.43. The number of unbranched alkanes of at least 4 members (excludes halogenated alkanes) is 2. The number of carbonyl (C=O) groups is 2. The highest BCUT2D eigenvalue weighted by molar-refractivity contribution is 5.84. The predicted molar refractivity (Wildman–Crippen MR) is 113 cm³/mol. The Morgan fingerprint density at radius 1 is 1.28 bits per heavy atom. The minimum Gasteiger partial charge on any atom is -0.392 e. The van der Waals surface area contributed by atoms with Crippen LogP contribution >= 0.6 is 0 Å². The molecular weight excluding hydrogens is 368 g/mol. The maximum absolute atomic E-state index is 12.3. The number of allylic oxidation sites excluding steroid dienone is 2. The minimum absolute atomic E-state index is 0.0124. The van der Waals surface area contributed by atoms with E-state index in [0.29, 0.717) is 19.3 Å². The van der Waals surface area contributed by atoms with Crippen LogP contribution in [0.25, 0.3) is 0 Å². The third-order valence-corrected chi connectivity index (χ3v) is 6.81. The van der Waals surface area contributed by atoms with E-state index in [1.165, 1.54) is 0 Å². The first-order valence-corrected chi connectivity index (χ1v) is 11.3. The quantitative estimate of drug-likeness (QED) is 0.321. The van der Waals surface area contributed by atoms with Crippen LogP contribution < -0.4 is 0 Å². The van der Waals surface area contributed by atoms with Gasteiger partial charge in [-0.2, -0.15) is 0 Å². The fraction of sp³-hybridized carbons (Fsp3) is 0.750. The van der Waals surface area contributed by atoms with Gasteiger partial charge in [0.05, 0.1) is 12.2 Å². The Morgan fingerprint density at radius 3 is 2.66 bits per heavy atom. The Labute approximate surface area is 174 Å². The number of Topliss-reactive ketones (excluding diaryl/α,β-unsaturated/α-hetero) is 2. The Hall–Kier alpha value is -1.30. The summed E-state index contributed by atoms with van der Waals surface area (Å²) in [5.41, 5.74) is -0.0124. The SMILES string of the molecule is CCCCC1(C(O)/C=C/[C@H]2[C@H](O)CC(=O)[C@@H]2C/C=C\CCCC(=O)CO)CCC1. The molecule has 2 saturated carbocycles. The lowest BCUT2D eigenvalue weighted by atomic mass is 9.62. The van der Waals surface area contributed by atoms with Gasteiger partial charge in [-0.15, -0.1) is 0 Å². The summed E-state index contributed by atoms with van der Waals surface area (Å²) in [5.74, 6) is -0.580. The first kappa shape index (κ1) is 24.0. The molecule has 0 aromatic carbocycles. The van der Waals surface area contributed by atoms with E-state index < -0.39 is 18.8 Å². The summed E-state index contributed by atoms with van der Waals surface area (Å²) in [4.78, 5) is 23.4. The van der Waals surface area contributed by atoms with Crippen LogP contribution in [0.1, 0.15) is 77.6 Å². The monoisotopic (exact) mass is 406 g/mol. The molecule has 5 heteroatoms. The van der Waals surface area contributed by atoms with Crippen molar-refractivity contribution in [3.63, 3.8) is 0 Å². The Bertz CT molecular complexity index is 590. The van der Waals surface area contributed by atoms with E-state index in [1.54, 1.807) is 0 Å². The standard InChI is InChI=1S/C24H38O5/c1-2-3-13-24(14-8-15-24)23(29)12-11-20-19(21(27)16-22(20)28)10-7-5-4-6-9-18(26)17-25/h5,7,11-12,19-20,22-23,25,28-29H,2-4,6,8-10,13-17H2,1H3/b7-5-,12-11+/t19-,20-,22-,23?/m1/s1. The smallest absolute Gasteiger partial charge is 0.158 e. The molecule has 5 nitrogen and oxygen atoms in total.